The molecule has 4 rings (SSSR count). The predicted molar refractivity (Wildman–Crippen MR) is 134 cm³/mol. The number of benzene rings is 2. The van der Waals surface area contributed by atoms with Gasteiger partial charge in [0.05, 0.1) is 0 Å². The Labute approximate surface area is 221 Å². The zero-order chi connectivity index (χ0) is 22.3. The van der Waals surface area contributed by atoms with Crippen LogP contribution in [0.4, 0.5) is 0 Å². The molecule has 4 heteroatoms. The second-order valence-corrected chi connectivity index (χ2v) is 27.0. The molecule has 2 atom stereocenters. The quantitative estimate of drug-likeness (QED) is 0.481. The standard InChI is InChI=1S/C18H17.C9H13.C2H6Si.2ClH.Zr/c1-2-6-14-7-5-9-16(13-14)18-12-11-15-8-3-4-10-17(15)18;1-6-5-7(2)9(4)8(6)3;1-3-2;;;/h3-5,7-13H,2,6H2,1H3;6H,1-4H3;1-2H3;2*1H;/q;;;;;+2/p-2. The van der Waals surface area contributed by atoms with Gasteiger partial charge in [0.2, 0.25) is 0 Å². The average Bonchev–Trinajstić information content (AvgIpc) is 3.22. The van der Waals surface area contributed by atoms with E-state index in [1.807, 2.05) is 3.28 Å². The molecule has 0 radical (unpaired) electrons. The van der Waals surface area contributed by atoms with Gasteiger partial charge in [0.1, 0.15) is 0 Å². The Morgan fingerprint density at radius 2 is 1.61 bits per heavy atom. The van der Waals surface area contributed by atoms with Crippen LogP contribution in [-0.4, -0.2) is 5.43 Å². The summed E-state index contributed by atoms with van der Waals surface area (Å²) in [6, 6.07) is 18.6. The fourth-order valence-electron chi connectivity index (χ4n) is 5.58. The summed E-state index contributed by atoms with van der Waals surface area (Å²) < 4.78 is 2.59. The van der Waals surface area contributed by atoms with E-state index in [1.165, 1.54) is 28.7 Å². The second kappa shape index (κ2) is 11.9. The fourth-order valence-corrected chi connectivity index (χ4v) is 25.3. The Morgan fingerprint density at radius 1 is 0.909 bits per heavy atom. The van der Waals surface area contributed by atoms with Crippen molar-refractivity contribution in [3.8, 4) is 0 Å². The molecule has 2 aliphatic carbocycles. The number of halogens is 2. The molecule has 2 aromatic carbocycles. The van der Waals surface area contributed by atoms with Gasteiger partial charge in [-0.05, 0) is 0 Å². The number of allylic oxidation sites excluding steroid dienone is 5. The molecule has 0 spiro atoms. The predicted octanol–water partition coefficient (Wildman–Crippen LogP) is 2.26. The van der Waals surface area contributed by atoms with Gasteiger partial charge in [-0.3, -0.25) is 0 Å². The normalized spacial score (nSPS) is 18.8. The van der Waals surface area contributed by atoms with Gasteiger partial charge in [-0.2, -0.15) is 0 Å². The maximum Gasteiger partial charge on any atom is -1.00 e. The van der Waals surface area contributed by atoms with E-state index in [-0.39, 0.29) is 30.2 Å². The minimum absolute atomic E-state index is 0. The van der Waals surface area contributed by atoms with Gasteiger partial charge in [-0.1, -0.05) is 0 Å². The van der Waals surface area contributed by atoms with Crippen LogP contribution in [0.5, 0.6) is 0 Å². The van der Waals surface area contributed by atoms with E-state index in [2.05, 4.69) is 102 Å². The molecule has 0 fully saturated rings. The molecule has 0 heterocycles. The molecule has 0 bridgehead atoms. The van der Waals surface area contributed by atoms with Crippen LogP contribution in [0.15, 0.2) is 74.6 Å². The number of rotatable bonds is 5. The van der Waals surface area contributed by atoms with Crippen molar-refractivity contribution in [2.75, 3.05) is 0 Å². The number of hydrogen-bond donors (Lipinski definition) is 0. The van der Waals surface area contributed by atoms with Crippen LogP contribution in [0.3, 0.4) is 0 Å². The zero-order valence-electron chi connectivity index (χ0n) is 21.0. The van der Waals surface area contributed by atoms with Crippen LogP contribution in [0.2, 0.25) is 13.1 Å². The van der Waals surface area contributed by atoms with Crippen LogP contribution in [0.25, 0.3) is 5.57 Å². The van der Waals surface area contributed by atoms with Crippen molar-refractivity contribution in [1.82, 2.24) is 0 Å². The number of aryl methyl sites for hydroxylation is 1. The van der Waals surface area contributed by atoms with Crippen molar-refractivity contribution < 1.29 is 45.2 Å². The minimum atomic E-state index is -1.91. The van der Waals surface area contributed by atoms with Crippen LogP contribution in [0.1, 0.15) is 66.9 Å². The molecule has 0 aromatic heterocycles. The summed E-state index contributed by atoms with van der Waals surface area (Å²) in [6.07, 6.45) is 5.07. The third kappa shape index (κ3) is 5.30. The minimum Gasteiger partial charge on any atom is -1.00 e. The Hall–Kier alpha value is -0.660. The van der Waals surface area contributed by atoms with Crippen molar-refractivity contribution in [3.63, 3.8) is 0 Å². The fraction of sp³-hybridized carbons (Fsp3) is 0.379. The molecule has 2 aliphatic rings. The molecule has 0 N–H and O–H groups in total. The van der Waals surface area contributed by atoms with Gasteiger partial charge in [0.15, 0.2) is 0 Å². The van der Waals surface area contributed by atoms with E-state index in [0.29, 0.717) is 9.54 Å². The van der Waals surface area contributed by atoms with Crippen LogP contribution >= 0.6 is 0 Å². The molecular formula is C29H36Cl2SiZr. The Kier molecular flexibility index (Phi) is 10.3. The van der Waals surface area contributed by atoms with E-state index in [4.69, 9.17) is 0 Å². The van der Waals surface area contributed by atoms with E-state index >= 15 is 0 Å². The molecular weight excluding hydrogens is 539 g/mol. The summed E-state index contributed by atoms with van der Waals surface area (Å²) in [5.74, 6) is 0.659. The maximum absolute atomic E-state index is 2.71. The first-order valence-electron chi connectivity index (χ1n) is 11.8. The van der Waals surface area contributed by atoms with Gasteiger partial charge in [0.25, 0.3) is 0 Å². The average molecular weight is 575 g/mol. The summed E-state index contributed by atoms with van der Waals surface area (Å²) >= 11 is -1.91. The number of fused-ring (bicyclic) bond motifs is 1. The number of hydrogen-bond acceptors (Lipinski definition) is 0. The Balaban J connectivity index is 0.00000193. The van der Waals surface area contributed by atoms with Crippen LogP contribution < -0.4 is 24.8 Å². The summed E-state index contributed by atoms with van der Waals surface area (Å²) in [5.41, 5.74) is 12.0. The summed E-state index contributed by atoms with van der Waals surface area (Å²) in [5, 5.41) is 0. The molecule has 174 valence electrons. The van der Waals surface area contributed by atoms with Gasteiger partial charge < -0.3 is 24.8 Å². The first-order chi connectivity index (χ1) is 14.8. The largest absolute Gasteiger partial charge is 1.00 e. The Bertz CT molecular complexity index is 1170. The zero-order valence-corrected chi connectivity index (χ0v) is 26.0. The first kappa shape index (κ1) is 28.6. The SMILES string of the molecule is CCCc1cccc(C2=C[CH]([Zr+2]([C]3=C(C)C(C)=C(C)C3C)=[Si](C)C)c3ccccc32)c1.[Cl-].[Cl-]. The molecule has 0 saturated heterocycles. The monoisotopic (exact) mass is 572 g/mol. The molecule has 0 saturated carbocycles. The molecule has 2 unspecified atom stereocenters. The van der Waals surface area contributed by atoms with Gasteiger partial charge in [-0.25, -0.2) is 0 Å². The molecule has 0 aliphatic heterocycles. The van der Waals surface area contributed by atoms with E-state index < -0.39 is 20.4 Å². The third-order valence-corrected chi connectivity index (χ3v) is 26.0. The van der Waals surface area contributed by atoms with Gasteiger partial charge in [-0.15, -0.1) is 0 Å². The van der Waals surface area contributed by atoms with Gasteiger partial charge >= 0.3 is 198 Å². The van der Waals surface area contributed by atoms with Crippen LogP contribution in [-0.2, 0) is 26.8 Å². The van der Waals surface area contributed by atoms with E-state index in [1.54, 1.807) is 22.3 Å². The van der Waals surface area contributed by atoms with Crippen molar-refractivity contribution in [2.24, 2.45) is 5.92 Å². The smallest absolute Gasteiger partial charge is 1.00 e. The first-order valence-corrected chi connectivity index (χ1v) is 20.6. The third-order valence-electron chi connectivity index (χ3n) is 7.48. The van der Waals surface area contributed by atoms with Crippen molar-refractivity contribution >= 4 is 11.0 Å². The summed E-state index contributed by atoms with van der Waals surface area (Å²) in [6.45, 7) is 17.1. The van der Waals surface area contributed by atoms with Gasteiger partial charge in [0, 0.05) is 0 Å². The molecule has 0 nitrogen and oxygen atoms in total. The maximum atomic E-state index is 2.71. The van der Waals surface area contributed by atoms with E-state index in [0.717, 1.165) is 6.42 Å². The Morgan fingerprint density at radius 3 is 2.21 bits per heavy atom. The van der Waals surface area contributed by atoms with Crippen LogP contribution in [0, 0.1) is 5.92 Å². The summed E-state index contributed by atoms with van der Waals surface area (Å²) in [4.78, 5) is 0. The van der Waals surface area contributed by atoms with Crippen molar-refractivity contribution in [1.29, 1.82) is 0 Å². The van der Waals surface area contributed by atoms with E-state index in [9.17, 15) is 0 Å². The van der Waals surface area contributed by atoms with Crippen molar-refractivity contribution in [3.05, 3.63) is 96.9 Å². The second-order valence-electron chi connectivity index (χ2n) is 9.58. The topological polar surface area (TPSA) is 0 Å². The summed E-state index contributed by atoms with van der Waals surface area (Å²) in [7, 11) is 0. The molecule has 2 aromatic rings. The molecule has 0 amide bonds. The molecule has 33 heavy (non-hydrogen) atoms. The van der Waals surface area contributed by atoms with Crippen molar-refractivity contribution in [2.45, 2.75) is 64.2 Å².